The molecular weight excluding hydrogens is 220 g/mol. The molecule has 5 heteroatoms. The number of carbonyl (C=O) groups excluding carboxylic acids is 1. The fraction of sp³-hybridized carbons (Fsp3) is 0.417. The lowest BCUT2D eigenvalue weighted by Gasteiger charge is -2.06. The van der Waals surface area contributed by atoms with Gasteiger partial charge in [-0.15, -0.1) is 0 Å². The normalized spacial score (nSPS) is 10.3. The summed E-state index contributed by atoms with van der Waals surface area (Å²) in [5, 5.41) is 11.4. The summed E-state index contributed by atoms with van der Waals surface area (Å²) in [6, 6.07) is 1.39. The molecule has 0 radical (unpaired) electrons. The molecule has 0 unspecified atom stereocenters. The molecule has 5 nitrogen and oxygen atoms in total. The predicted octanol–water partition coefficient (Wildman–Crippen LogP) is 2.15. The second kappa shape index (κ2) is 5.98. The van der Waals surface area contributed by atoms with Crippen LogP contribution < -0.4 is 5.32 Å². The molecule has 0 spiro atoms. The molecular formula is C12H16N2O3. The van der Waals surface area contributed by atoms with Gasteiger partial charge in [0.05, 0.1) is 17.4 Å². The molecule has 0 saturated carbocycles. The Morgan fingerprint density at radius 1 is 1.41 bits per heavy atom. The van der Waals surface area contributed by atoms with E-state index in [0.29, 0.717) is 18.0 Å². The number of hydrogen-bond donors (Lipinski definition) is 2. The zero-order valence-electron chi connectivity index (χ0n) is 9.93. The summed E-state index contributed by atoms with van der Waals surface area (Å²) in [6.07, 6.45) is 3.90. The van der Waals surface area contributed by atoms with Crippen LogP contribution in [0.15, 0.2) is 18.5 Å². The van der Waals surface area contributed by atoms with E-state index < -0.39 is 5.97 Å². The fourth-order valence-corrected chi connectivity index (χ4v) is 1.27. The second-order valence-corrected chi connectivity index (χ2v) is 4.25. The number of carboxylic acid groups (broad SMARTS) is 1. The largest absolute Gasteiger partial charge is 0.478 e. The SMILES string of the molecule is CC(C)CCC(=O)Nc1cncc(C(=O)O)c1. The summed E-state index contributed by atoms with van der Waals surface area (Å²) in [5.41, 5.74) is 0.477. The molecule has 0 aliphatic heterocycles. The van der Waals surface area contributed by atoms with E-state index in [9.17, 15) is 9.59 Å². The number of pyridine rings is 1. The Balaban J connectivity index is 2.59. The molecule has 0 aliphatic rings. The van der Waals surface area contributed by atoms with Crippen LogP contribution in [0.4, 0.5) is 5.69 Å². The molecule has 1 heterocycles. The molecule has 92 valence electrons. The third kappa shape index (κ3) is 4.63. The molecule has 0 bridgehead atoms. The van der Waals surface area contributed by atoms with Crippen molar-refractivity contribution < 1.29 is 14.7 Å². The molecule has 1 aromatic heterocycles. The van der Waals surface area contributed by atoms with E-state index >= 15 is 0 Å². The van der Waals surface area contributed by atoms with Crippen LogP contribution >= 0.6 is 0 Å². The Bertz CT molecular complexity index is 416. The van der Waals surface area contributed by atoms with Gasteiger partial charge in [-0.2, -0.15) is 0 Å². The van der Waals surface area contributed by atoms with Crippen LogP contribution in [0.25, 0.3) is 0 Å². The van der Waals surface area contributed by atoms with E-state index in [2.05, 4.69) is 10.3 Å². The summed E-state index contributed by atoms with van der Waals surface area (Å²) >= 11 is 0. The molecule has 17 heavy (non-hydrogen) atoms. The Labute approximate surface area is 99.9 Å². The summed E-state index contributed by atoms with van der Waals surface area (Å²) in [5.74, 6) is -0.719. The van der Waals surface area contributed by atoms with E-state index in [-0.39, 0.29) is 11.5 Å². The van der Waals surface area contributed by atoms with Crippen molar-refractivity contribution in [3.05, 3.63) is 24.0 Å². The number of hydrogen-bond acceptors (Lipinski definition) is 3. The van der Waals surface area contributed by atoms with Gasteiger partial charge in [0, 0.05) is 12.6 Å². The lowest BCUT2D eigenvalue weighted by Crippen LogP contribution is -2.13. The number of anilines is 1. The number of amides is 1. The Kier molecular flexibility index (Phi) is 4.63. The maximum Gasteiger partial charge on any atom is 0.337 e. The average Bonchev–Trinajstić information content (AvgIpc) is 2.26. The summed E-state index contributed by atoms with van der Waals surface area (Å²) in [7, 11) is 0. The zero-order valence-corrected chi connectivity index (χ0v) is 9.93. The standard InChI is InChI=1S/C12H16N2O3/c1-8(2)3-4-11(15)14-10-5-9(12(16)17)6-13-7-10/h5-8H,3-4H2,1-2H3,(H,14,15)(H,16,17). The Morgan fingerprint density at radius 3 is 2.71 bits per heavy atom. The number of nitrogens with one attached hydrogen (secondary N) is 1. The van der Waals surface area contributed by atoms with E-state index in [4.69, 9.17) is 5.11 Å². The van der Waals surface area contributed by atoms with Crippen LogP contribution in [0.3, 0.4) is 0 Å². The van der Waals surface area contributed by atoms with Gasteiger partial charge >= 0.3 is 5.97 Å². The monoisotopic (exact) mass is 236 g/mol. The van der Waals surface area contributed by atoms with Crippen LogP contribution in [0.2, 0.25) is 0 Å². The molecule has 0 saturated heterocycles. The van der Waals surface area contributed by atoms with Crippen molar-refractivity contribution in [1.82, 2.24) is 4.98 Å². The fourth-order valence-electron chi connectivity index (χ4n) is 1.27. The van der Waals surface area contributed by atoms with Gasteiger partial charge in [0.1, 0.15) is 0 Å². The first kappa shape index (κ1) is 13.2. The van der Waals surface area contributed by atoms with E-state index in [1.54, 1.807) is 0 Å². The van der Waals surface area contributed by atoms with Crippen LogP contribution in [-0.4, -0.2) is 22.0 Å². The molecule has 2 N–H and O–H groups in total. The Hall–Kier alpha value is -1.91. The topological polar surface area (TPSA) is 79.3 Å². The summed E-state index contributed by atoms with van der Waals surface area (Å²) < 4.78 is 0. The van der Waals surface area contributed by atoms with E-state index in [0.717, 1.165) is 6.42 Å². The first-order valence-corrected chi connectivity index (χ1v) is 5.47. The highest BCUT2D eigenvalue weighted by Crippen LogP contribution is 2.10. The highest BCUT2D eigenvalue weighted by molar-refractivity contribution is 5.93. The van der Waals surface area contributed by atoms with Gasteiger partial charge < -0.3 is 10.4 Å². The molecule has 1 rings (SSSR count). The minimum atomic E-state index is -1.06. The van der Waals surface area contributed by atoms with Crippen molar-refractivity contribution in [2.24, 2.45) is 5.92 Å². The highest BCUT2D eigenvalue weighted by Gasteiger charge is 2.07. The van der Waals surface area contributed by atoms with Crippen molar-refractivity contribution in [2.75, 3.05) is 5.32 Å². The number of aromatic carboxylic acids is 1. The van der Waals surface area contributed by atoms with Crippen molar-refractivity contribution in [3.63, 3.8) is 0 Å². The number of carbonyl (C=O) groups is 2. The smallest absolute Gasteiger partial charge is 0.337 e. The highest BCUT2D eigenvalue weighted by atomic mass is 16.4. The summed E-state index contributed by atoms with van der Waals surface area (Å²) in [6.45, 7) is 4.08. The average molecular weight is 236 g/mol. The molecule has 1 aromatic rings. The molecule has 0 aromatic carbocycles. The van der Waals surface area contributed by atoms with Gasteiger partial charge in [-0.05, 0) is 18.4 Å². The lowest BCUT2D eigenvalue weighted by atomic mass is 10.1. The second-order valence-electron chi connectivity index (χ2n) is 4.25. The molecule has 0 fully saturated rings. The predicted molar refractivity (Wildman–Crippen MR) is 63.9 cm³/mol. The van der Waals surface area contributed by atoms with Gasteiger partial charge in [0.25, 0.3) is 0 Å². The number of rotatable bonds is 5. The van der Waals surface area contributed by atoms with Crippen LogP contribution in [0.5, 0.6) is 0 Å². The number of nitrogens with zero attached hydrogens (tertiary/aromatic N) is 1. The number of carboxylic acids is 1. The van der Waals surface area contributed by atoms with Gasteiger partial charge in [-0.3, -0.25) is 9.78 Å². The third-order valence-electron chi connectivity index (χ3n) is 2.22. The number of aromatic nitrogens is 1. The maximum absolute atomic E-state index is 11.5. The third-order valence-corrected chi connectivity index (χ3v) is 2.22. The zero-order chi connectivity index (χ0) is 12.8. The molecule has 0 aliphatic carbocycles. The van der Waals surface area contributed by atoms with E-state index in [1.807, 2.05) is 13.8 Å². The van der Waals surface area contributed by atoms with Crippen LogP contribution in [0.1, 0.15) is 37.0 Å². The van der Waals surface area contributed by atoms with Gasteiger partial charge in [-0.1, -0.05) is 13.8 Å². The van der Waals surface area contributed by atoms with Crippen molar-refractivity contribution in [3.8, 4) is 0 Å². The maximum atomic E-state index is 11.5. The summed E-state index contributed by atoms with van der Waals surface area (Å²) in [4.78, 5) is 26.0. The van der Waals surface area contributed by atoms with Crippen LogP contribution in [-0.2, 0) is 4.79 Å². The lowest BCUT2D eigenvalue weighted by molar-refractivity contribution is -0.116. The van der Waals surface area contributed by atoms with Crippen molar-refractivity contribution in [1.29, 1.82) is 0 Å². The van der Waals surface area contributed by atoms with Crippen LogP contribution in [0, 0.1) is 5.92 Å². The molecule has 1 amide bonds. The minimum absolute atomic E-state index is 0.0617. The molecule has 0 atom stereocenters. The first-order valence-electron chi connectivity index (χ1n) is 5.47. The minimum Gasteiger partial charge on any atom is -0.478 e. The Morgan fingerprint density at radius 2 is 2.12 bits per heavy atom. The van der Waals surface area contributed by atoms with Gasteiger partial charge in [-0.25, -0.2) is 4.79 Å². The van der Waals surface area contributed by atoms with E-state index in [1.165, 1.54) is 18.5 Å². The van der Waals surface area contributed by atoms with Gasteiger partial charge in [0.2, 0.25) is 5.91 Å². The first-order chi connectivity index (χ1) is 7.99. The quantitative estimate of drug-likeness (QED) is 0.821. The van der Waals surface area contributed by atoms with Gasteiger partial charge in [0.15, 0.2) is 0 Å². The van der Waals surface area contributed by atoms with Crippen molar-refractivity contribution in [2.45, 2.75) is 26.7 Å². The van der Waals surface area contributed by atoms with Crippen molar-refractivity contribution >= 4 is 17.6 Å².